The SMILES string of the molecule is COc1cccc(C(CO)NC(=O)c2ccc(F)c(-c3ccc4[nH]ncc4c3)c2)c1. The van der Waals surface area contributed by atoms with E-state index < -0.39 is 17.8 Å². The van der Waals surface area contributed by atoms with Crippen LogP contribution in [0.1, 0.15) is 22.0 Å². The minimum Gasteiger partial charge on any atom is -0.497 e. The summed E-state index contributed by atoms with van der Waals surface area (Å²) in [5.41, 5.74) is 2.80. The number of carbonyl (C=O) groups excluding carboxylic acids is 1. The predicted molar refractivity (Wildman–Crippen MR) is 112 cm³/mol. The number of ether oxygens (including phenoxy) is 1. The zero-order valence-electron chi connectivity index (χ0n) is 16.2. The van der Waals surface area contributed by atoms with Crippen LogP contribution in [0.5, 0.6) is 5.75 Å². The molecule has 1 aromatic heterocycles. The highest BCUT2D eigenvalue weighted by Crippen LogP contribution is 2.27. The van der Waals surface area contributed by atoms with E-state index in [4.69, 9.17) is 4.74 Å². The van der Waals surface area contributed by atoms with Crippen molar-refractivity contribution in [2.45, 2.75) is 6.04 Å². The van der Waals surface area contributed by atoms with Gasteiger partial charge in [0.2, 0.25) is 0 Å². The minimum absolute atomic E-state index is 0.288. The molecule has 1 amide bonds. The van der Waals surface area contributed by atoms with E-state index in [1.54, 1.807) is 43.6 Å². The number of benzene rings is 3. The maximum absolute atomic E-state index is 14.5. The van der Waals surface area contributed by atoms with E-state index in [1.165, 1.54) is 18.2 Å². The van der Waals surface area contributed by atoms with Gasteiger partial charge in [0, 0.05) is 16.5 Å². The number of H-pyrrole nitrogens is 1. The molecule has 0 aliphatic heterocycles. The summed E-state index contributed by atoms with van der Waals surface area (Å²) in [5, 5.41) is 20.2. The van der Waals surface area contributed by atoms with Crippen LogP contribution in [0.4, 0.5) is 4.39 Å². The van der Waals surface area contributed by atoms with Crippen molar-refractivity contribution in [1.29, 1.82) is 0 Å². The van der Waals surface area contributed by atoms with Crippen molar-refractivity contribution < 1.29 is 19.0 Å². The summed E-state index contributed by atoms with van der Waals surface area (Å²) < 4.78 is 19.7. The highest BCUT2D eigenvalue weighted by atomic mass is 19.1. The molecule has 1 heterocycles. The Morgan fingerprint density at radius 2 is 2.07 bits per heavy atom. The smallest absolute Gasteiger partial charge is 0.251 e. The summed E-state index contributed by atoms with van der Waals surface area (Å²) >= 11 is 0. The van der Waals surface area contributed by atoms with Crippen molar-refractivity contribution in [2.75, 3.05) is 13.7 Å². The first kappa shape index (κ1) is 19.6. The summed E-state index contributed by atoms with van der Waals surface area (Å²) in [7, 11) is 1.55. The van der Waals surface area contributed by atoms with Crippen LogP contribution in [0.2, 0.25) is 0 Å². The van der Waals surface area contributed by atoms with Crippen LogP contribution in [-0.4, -0.2) is 34.9 Å². The fraction of sp³-hybridized carbons (Fsp3) is 0.130. The normalized spacial score (nSPS) is 12.0. The third-order valence-electron chi connectivity index (χ3n) is 4.96. The second-order valence-corrected chi connectivity index (χ2v) is 6.85. The number of aromatic nitrogens is 2. The first-order chi connectivity index (χ1) is 14.6. The van der Waals surface area contributed by atoms with E-state index in [2.05, 4.69) is 15.5 Å². The Bertz CT molecular complexity index is 1210. The predicted octanol–water partition coefficient (Wildman–Crippen LogP) is 3.84. The van der Waals surface area contributed by atoms with Crippen molar-refractivity contribution in [2.24, 2.45) is 0 Å². The number of hydrogen-bond donors (Lipinski definition) is 3. The van der Waals surface area contributed by atoms with Crippen molar-refractivity contribution in [3.8, 4) is 16.9 Å². The van der Waals surface area contributed by atoms with E-state index in [9.17, 15) is 14.3 Å². The number of amides is 1. The van der Waals surface area contributed by atoms with Crippen molar-refractivity contribution in [3.05, 3.63) is 83.8 Å². The van der Waals surface area contributed by atoms with Crippen LogP contribution < -0.4 is 10.1 Å². The van der Waals surface area contributed by atoms with Crippen LogP contribution in [0.25, 0.3) is 22.0 Å². The van der Waals surface area contributed by atoms with E-state index in [0.29, 0.717) is 28.0 Å². The lowest BCUT2D eigenvalue weighted by molar-refractivity contribution is 0.0916. The van der Waals surface area contributed by atoms with Gasteiger partial charge in [-0.05, 0) is 53.6 Å². The van der Waals surface area contributed by atoms with Crippen LogP contribution in [0, 0.1) is 5.82 Å². The van der Waals surface area contributed by atoms with Crippen LogP contribution in [0.15, 0.2) is 66.9 Å². The molecule has 3 aromatic carbocycles. The average Bonchev–Trinajstić information content (AvgIpc) is 3.25. The lowest BCUT2D eigenvalue weighted by Crippen LogP contribution is -2.30. The zero-order valence-corrected chi connectivity index (χ0v) is 16.2. The van der Waals surface area contributed by atoms with Crippen LogP contribution in [0.3, 0.4) is 0 Å². The number of hydrogen-bond acceptors (Lipinski definition) is 4. The molecule has 4 rings (SSSR count). The Morgan fingerprint density at radius 3 is 2.87 bits per heavy atom. The average molecular weight is 405 g/mol. The summed E-state index contributed by atoms with van der Waals surface area (Å²) in [6.45, 7) is -0.288. The fourth-order valence-electron chi connectivity index (χ4n) is 3.33. The van der Waals surface area contributed by atoms with E-state index >= 15 is 0 Å². The molecule has 6 nitrogen and oxygen atoms in total. The number of halogens is 1. The quantitative estimate of drug-likeness (QED) is 0.455. The molecule has 0 radical (unpaired) electrons. The number of aliphatic hydroxyl groups excluding tert-OH is 1. The monoisotopic (exact) mass is 405 g/mol. The first-order valence-corrected chi connectivity index (χ1v) is 9.38. The number of methoxy groups -OCH3 is 1. The second-order valence-electron chi connectivity index (χ2n) is 6.85. The number of aliphatic hydroxyl groups is 1. The molecule has 7 heteroatoms. The van der Waals surface area contributed by atoms with Gasteiger partial charge in [-0.25, -0.2) is 4.39 Å². The third kappa shape index (κ3) is 3.88. The van der Waals surface area contributed by atoms with Gasteiger partial charge < -0.3 is 15.2 Å². The topological polar surface area (TPSA) is 87.2 Å². The highest BCUT2D eigenvalue weighted by molar-refractivity contribution is 5.96. The summed E-state index contributed by atoms with van der Waals surface area (Å²) in [5.74, 6) is -0.220. The number of nitrogens with one attached hydrogen (secondary N) is 2. The van der Waals surface area contributed by atoms with Gasteiger partial charge in [0.05, 0.1) is 31.5 Å². The standard InChI is InChI=1S/C23H20FN3O3/c1-30-18-4-2-3-15(10-18)22(13-28)26-23(29)16-5-7-20(24)19(11-16)14-6-8-21-17(9-14)12-25-27-21/h2-12,22,28H,13H2,1H3,(H,25,27)(H,26,29). The van der Waals surface area contributed by atoms with Gasteiger partial charge in [0.1, 0.15) is 11.6 Å². The van der Waals surface area contributed by atoms with Gasteiger partial charge >= 0.3 is 0 Å². The fourth-order valence-corrected chi connectivity index (χ4v) is 3.33. The molecular weight excluding hydrogens is 385 g/mol. The lowest BCUT2D eigenvalue weighted by atomic mass is 10.0. The molecule has 0 bridgehead atoms. The second kappa shape index (κ2) is 8.34. The molecule has 152 valence electrons. The van der Waals surface area contributed by atoms with Gasteiger partial charge in [0.25, 0.3) is 5.91 Å². The van der Waals surface area contributed by atoms with Gasteiger partial charge in [0.15, 0.2) is 0 Å². The van der Waals surface area contributed by atoms with Crippen molar-refractivity contribution >= 4 is 16.8 Å². The highest BCUT2D eigenvalue weighted by Gasteiger charge is 2.17. The molecule has 0 aliphatic carbocycles. The number of rotatable bonds is 6. The van der Waals surface area contributed by atoms with Crippen molar-refractivity contribution in [3.63, 3.8) is 0 Å². The molecule has 3 N–H and O–H groups in total. The number of nitrogens with zero attached hydrogens (tertiary/aromatic N) is 1. The number of carbonyl (C=O) groups is 1. The van der Waals surface area contributed by atoms with Gasteiger partial charge in [-0.1, -0.05) is 18.2 Å². The number of aromatic amines is 1. The Morgan fingerprint density at radius 1 is 1.20 bits per heavy atom. The van der Waals surface area contributed by atoms with Gasteiger partial charge in [-0.15, -0.1) is 0 Å². The largest absolute Gasteiger partial charge is 0.497 e. The Kier molecular flexibility index (Phi) is 5.45. The third-order valence-corrected chi connectivity index (χ3v) is 4.96. The Balaban J connectivity index is 1.61. The van der Waals surface area contributed by atoms with Crippen molar-refractivity contribution in [1.82, 2.24) is 15.5 Å². The molecule has 0 saturated heterocycles. The molecule has 0 fully saturated rings. The summed E-state index contributed by atoms with van der Waals surface area (Å²) in [4.78, 5) is 12.8. The summed E-state index contributed by atoms with van der Waals surface area (Å²) in [6.07, 6.45) is 1.66. The molecule has 0 spiro atoms. The molecule has 4 aromatic rings. The van der Waals surface area contributed by atoms with Crippen LogP contribution in [-0.2, 0) is 0 Å². The molecular formula is C23H20FN3O3. The minimum atomic E-state index is -0.622. The maximum atomic E-state index is 14.5. The van der Waals surface area contributed by atoms with Gasteiger partial charge in [-0.3, -0.25) is 9.89 Å². The van der Waals surface area contributed by atoms with Crippen LogP contribution >= 0.6 is 0 Å². The zero-order chi connectivity index (χ0) is 21.1. The van der Waals surface area contributed by atoms with E-state index in [0.717, 1.165) is 10.9 Å². The Labute approximate surface area is 172 Å². The van der Waals surface area contributed by atoms with Gasteiger partial charge in [-0.2, -0.15) is 5.10 Å². The molecule has 1 unspecified atom stereocenters. The lowest BCUT2D eigenvalue weighted by Gasteiger charge is -2.18. The molecule has 1 atom stereocenters. The first-order valence-electron chi connectivity index (χ1n) is 9.38. The maximum Gasteiger partial charge on any atom is 0.251 e. The van der Waals surface area contributed by atoms with E-state index in [-0.39, 0.29) is 6.61 Å². The van der Waals surface area contributed by atoms with E-state index in [1.807, 2.05) is 12.1 Å². The summed E-state index contributed by atoms with van der Waals surface area (Å²) in [6, 6.07) is 16.1. The number of fused-ring (bicyclic) bond motifs is 1. The molecule has 0 aliphatic rings. The molecule has 30 heavy (non-hydrogen) atoms. The Hall–Kier alpha value is -3.71. The molecule has 0 saturated carbocycles.